The first-order chi connectivity index (χ1) is 10.5. The standard InChI is InChI=1S/C16H14ClNO4/c17-11-4-2-10(3-5-11)16(8-1-9-16)18-14(19)12-6-7-13(22-12)15(20)21/h2-7H,1,8-9H2,(H,18,19)(H,20,21). The molecule has 0 aliphatic heterocycles. The normalized spacial score (nSPS) is 15.9. The van der Waals surface area contributed by atoms with Crippen LogP contribution in [0.15, 0.2) is 40.8 Å². The van der Waals surface area contributed by atoms with E-state index in [0.29, 0.717) is 5.02 Å². The molecule has 0 unspecified atom stereocenters. The van der Waals surface area contributed by atoms with Gasteiger partial charge in [-0.1, -0.05) is 23.7 Å². The van der Waals surface area contributed by atoms with Crippen LogP contribution in [-0.2, 0) is 5.54 Å². The zero-order valence-electron chi connectivity index (χ0n) is 11.6. The van der Waals surface area contributed by atoms with Crippen molar-refractivity contribution in [1.29, 1.82) is 0 Å². The number of rotatable bonds is 4. The molecule has 2 N–H and O–H groups in total. The topological polar surface area (TPSA) is 79.5 Å². The van der Waals surface area contributed by atoms with Crippen LogP contribution in [0.3, 0.4) is 0 Å². The molecule has 3 rings (SSSR count). The Hall–Kier alpha value is -2.27. The van der Waals surface area contributed by atoms with Gasteiger partial charge in [0.15, 0.2) is 5.76 Å². The highest BCUT2D eigenvalue weighted by atomic mass is 35.5. The van der Waals surface area contributed by atoms with Crippen LogP contribution in [0.2, 0.25) is 5.02 Å². The van der Waals surface area contributed by atoms with Crippen molar-refractivity contribution in [2.45, 2.75) is 24.8 Å². The highest BCUT2D eigenvalue weighted by Gasteiger charge is 2.40. The fraction of sp³-hybridized carbons (Fsp3) is 0.250. The van der Waals surface area contributed by atoms with Crippen LogP contribution in [-0.4, -0.2) is 17.0 Å². The van der Waals surface area contributed by atoms with Crippen molar-refractivity contribution in [2.24, 2.45) is 0 Å². The van der Waals surface area contributed by atoms with Gasteiger partial charge in [-0.25, -0.2) is 4.79 Å². The summed E-state index contributed by atoms with van der Waals surface area (Å²) in [7, 11) is 0. The molecule has 0 bridgehead atoms. The minimum atomic E-state index is -1.20. The van der Waals surface area contributed by atoms with Gasteiger partial charge in [-0.2, -0.15) is 0 Å². The summed E-state index contributed by atoms with van der Waals surface area (Å²) >= 11 is 5.90. The molecule has 0 radical (unpaired) electrons. The van der Waals surface area contributed by atoms with Gasteiger partial charge < -0.3 is 14.8 Å². The number of aromatic carboxylic acids is 1. The minimum Gasteiger partial charge on any atom is -0.475 e. The zero-order chi connectivity index (χ0) is 15.7. The number of furan rings is 1. The van der Waals surface area contributed by atoms with Gasteiger partial charge in [-0.05, 0) is 49.1 Å². The van der Waals surface area contributed by atoms with Crippen molar-refractivity contribution in [3.8, 4) is 0 Å². The van der Waals surface area contributed by atoms with Crippen LogP contribution >= 0.6 is 11.6 Å². The van der Waals surface area contributed by atoms with Crippen LogP contribution in [0.25, 0.3) is 0 Å². The van der Waals surface area contributed by atoms with E-state index in [9.17, 15) is 9.59 Å². The number of amides is 1. The Bertz CT molecular complexity index is 716. The van der Waals surface area contributed by atoms with Gasteiger partial charge in [-0.3, -0.25) is 4.79 Å². The number of carbonyl (C=O) groups is 2. The molecule has 0 atom stereocenters. The van der Waals surface area contributed by atoms with Gasteiger partial charge >= 0.3 is 5.97 Å². The Kier molecular flexibility index (Phi) is 3.66. The number of carbonyl (C=O) groups excluding carboxylic acids is 1. The molecule has 2 aromatic rings. The Morgan fingerprint density at radius 2 is 1.73 bits per heavy atom. The van der Waals surface area contributed by atoms with E-state index in [2.05, 4.69) is 5.32 Å². The van der Waals surface area contributed by atoms with Crippen molar-refractivity contribution >= 4 is 23.5 Å². The lowest BCUT2D eigenvalue weighted by Gasteiger charge is -2.43. The second kappa shape index (κ2) is 5.50. The van der Waals surface area contributed by atoms with Gasteiger partial charge in [0, 0.05) is 5.02 Å². The fourth-order valence-corrected chi connectivity index (χ4v) is 2.76. The van der Waals surface area contributed by atoms with Crippen molar-refractivity contribution in [1.82, 2.24) is 5.32 Å². The summed E-state index contributed by atoms with van der Waals surface area (Å²) in [5, 5.41) is 12.4. The van der Waals surface area contributed by atoms with E-state index in [1.807, 2.05) is 12.1 Å². The third kappa shape index (κ3) is 2.60. The van der Waals surface area contributed by atoms with Crippen LogP contribution < -0.4 is 5.32 Å². The van der Waals surface area contributed by atoms with E-state index < -0.39 is 17.4 Å². The predicted octanol–water partition coefficient (Wildman–Crippen LogP) is 3.44. The molecule has 1 fully saturated rings. The fourth-order valence-electron chi connectivity index (χ4n) is 2.64. The predicted molar refractivity (Wildman–Crippen MR) is 80.1 cm³/mol. The number of benzene rings is 1. The molecular weight excluding hydrogens is 306 g/mol. The molecule has 22 heavy (non-hydrogen) atoms. The summed E-state index contributed by atoms with van der Waals surface area (Å²) in [4.78, 5) is 23.1. The number of hydrogen-bond acceptors (Lipinski definition) is 3. The Balaban J connectivity index is 1.81. The number of hydrogen-bond donors (Lipinski definition) is 2. The second-order valence-corrected chi connectivity index (χ2v) is 5.80. The average Bonchev–Trinajstić information content (AvgIpc) is 2.94. The molecule has 5 nitrogen and oxygen atoms in total. The van der Waals surface area contributed by atoms with E-state index in [0.717, 1.165) is 24.8 Å². The van der Waals surface area contributed by atoms with Gasteiger partial charge in [-0.15, -0.1) is 0 Å². The molecule has 1 aliphatic rings. The molecule has 0 saturated heterocycles. The summed E-state index contributed by atoms with van der Waals surface area (Å²) in [6, 6.07) is 10.0. The Labute approximate surface area is 131 Å². The molecule has 0 spiro atoms. The largest absolute Gasteiger partial charge is 0.475 e. The first kappa shape index (κ1) is 14.7. The molecular formula is C16H14ClNO4. The summed E-state index contributed by atoms with van der Waals surface area (Å²) in [6.45, 7) is 0. The summed E-state index contributed by atoms with van der Waals surface area (Å²) < 4.78 is 5.04. The van der Waals surface area contributed by atoms with Crippen LogP contribution in [0, 0.1) is 0 Å². The monoisotopic (exact) mass is 319 g/mol. The molecule has 1 aromatic carbocycles. The molecule has 6 heteroatoms. The van der Waals surface area contributed by atoms with Crippen molar-refractivity contribution < 1.29 is 19.1 Å². The molecule has 1 aliphatic carbocycles. The number of carboxylic acid groups (broad SMARTS) is 1. The minimum absolute atomic E-state index is 0.00219. The summed E-state index contributed by atoms with van der Waals surface area (Å²) in [5.41, 5.74) is 0.555. The van der Waals surface area contributed by atoms with E-state index in [-0.39, 0.29) is 11.5 Å². The maximum Gasteiger partial charge on any atom is 0.371 e. The second-order valence-electron chi connectivity index (χ2n) is 5.37. The van der Waals surface area contributed by atoms with Crippen molar-refractivity contribution in [3.05, 3.63) is 58.5 Å². The summed E-state index contributed by atoms with van der Waals surface area (Å²) in [5.74, 6) is -1.87. The highest BCUT2D eigenvalue weighted by molar-refractivity contribution is 6.30. The smallest absolute Gasteiger partial charge is 0.371 e. The maximum atomic E-state index is 12.3. The maximum absolute atomic E-state index is 12.3. The lowest BCUT2D eigenvalue weighted by atomic mass is 9.71. The van der Waals surface area contributed by atoms with Crippen molar-refractivity contribution in [2.75, 3.05) is 0 Å². The molecule has 1 aromatic heterocycles. The third-order valence-corrected chi connectivity index (χ3v) is 4.25. The molecule has 1 heterocycles. The van der Waals surface area contributed by atoms with Gasteiger partial charge in [0.05, 0.1) is 5.54 Å². The van der Waals surface area contributed by atoms with E-state index in [4.69, 9.17) is 21.1 Å². The SMILES string of the molecule is O=C(O)c1ccc(C(=O)NC2(c3ccc(Cl)cc3)CCC2)o1. The highest BCUT2D eigenvalue weighted by Crippen LogP contribution is 2.41. The third-order valence-electron chi connectivity index (χ3n) is 4.00. The average molecular weight is 320 g/mol. The lowest BCUT2D eigenvalue weighted by molar-refractivity contribution is 0.0656. The van der Waals surface area contributed by atoms with Gasteiger partial charge in [0.2, 0.25) is 5.76 Å². The molecule has 1 amide bonds. The first-order valence-corrected chi connectivity index (χ1v) is 7.30. The molecule has 1 saturated carbocycles. The van der Waals surface area contributed by atoms with E-state index in [1.165, 1.54) is 12.1 Å². The van der Waals surface area contributed by atoms with E-state index >= 15 is 0 Å². The van der Waals surface area contributed by atoms with Crippen LogP contribution in [0.4, 0.5) is 0 Å². The zero-order valence-corrected chi connectivity index (χ0v) is 12.4. The van der Waals surface area contributed by atoms with Gasteiger partial charge in [0.25, 0.3) is 5.91 Å². The quantitative estimate of drug-likeness (QED) is 0.904. The first-order valence-electron chi connectivity index (χ1n) is 6.92. The molecule has 114 valence electrons. The van der Waals surface area contributed by atoms with Crippen molar-refractivity contribution in [3.63, 3.8) is 0 Å². The van der Waals surface area contributed by atoms with Gasteiger partial charge in [0.1, 0.15) is 0 Å². The number of halogens is 1. The van der Waals surface area contributed by atoms with Crippen LogP contribution in [0.1, 0.15) is 45.9 Å². The Morgan fingerprint density at radius 3 is 2.23 bits per heavy atom. The number of nitrogens with one attached hydrogen (secondary N) is 1. The number of carboxylic acids is 1. The van der Waals surface area contributed by atoms with Crippen LogP contribution in [0.5, 0.6) is 0 Å². The Morgan fingerprint density at radius 1 is 1.09 bits per heavy atom. The van der Waals surface area contributed by atoms with E-state index in [1.54, 1.807) is 12.1 Å². The summed E-state index contributed by atoms with van der Waals surface area (Å²) in [6.07, 6.45) is 2.67. The lowest BCUT2D eigenvalue weighted by Crippen LogP contribution is -2.50.